The van der Waals surface area contributed by atoms with Crippen LogP contribution in [0.5, 0.6) is 5.75 Å². The van der Waals surface area contributed by atoms with Gasteiger partial charge in [-0.25, -0.2) is 4.98 Å². The van der Waals surface area contributed by atoms with E-state index in [4.69, 9.17) is 14.3 Å². The summed E-state index contributed by atoms with van der Waals surface area (Å²) in [5, 5.41) is 24.2. The van der Waals surface area contributed by atoms with Crippen molar-refractivity contribution in [3.63, 3.8) is 0 Å². The fourth-order valence-electron chi connectivity index (χ4n) is 7.07. The molecule has 0 saturated heterocycles. The van der Waals surface area contributed by atoms with Crippen molar-refractivity contribution in [3.8, 4) is 5.75 Å². The van der Waals surface area contributed by atoms with Crippen molar-refractivity contribution in [2.75, 3.05) is 57.2 Å². The minimum atomic E-state index is -3.67. The van der Waals surface area contributed by atoms with Crippen LogP contribution >= 0.6 is 0 Å². The fourth-order valence-corrected chi connectivity index (χ4v) is 7.07. The third-order valence-electron chi connectivity index (χ3n) is 9.57. The summed E-state index contributed by atoms with van der Waals surface area (Å²) in [4.78, 5) is 38.4. The first-order chi connectivity index (χ1) is 25.8. The van der Waals surface area contributed by atoms with E-state index in [1.165, 1.54) is 28.0 Å². The Morgan fingerprint density at radius 2 is 1.54 bits per heavy atom. The van der Waals surface area contributed by atoms with Gasteiger partial charge in [0.05, 0.1) is 29.2 Å². The highest BCUT2D eigenvalue weighted by molar-refractivity contribution is 7.85. The van der Waals surface area contributed by atoms with E-state index in [1.807, 2.05) is 12.3 Å². The summed E-state index contributed by atoms with van der Waals surface area (Å²) in [5.74, 6) is 1.72. The van der Waals surface area contributed by atoms with Gasteiger partial charge in [0, 0.05) is 63.6 Å². The number of nitrogens with one attached hydrogen (secondary N) is 4. The molecule has 3 heterocycles. The number of para-hydroxylation sites is 1. The molecule has 3 aromatic heterocycles. The Labute approximate surface area is 311 Å². The maximum Gasteiger partial charge on any atom is 0.293 e. The number of non-ortho nitro benzene ring substituents is 1. The predicted molar refractivity (Wildman–Crippen MR) is 217 cm³/mol. The van der Waals surface area contributed by atoms with Gasteiger partial charge in [0.2, 0.25) is 0 Å². The second-order valence-electron chi connectivity index (χ2n) is 13.4. The lowest BCUT2D eigenvalue weighted by Crippen LogP contribution is -2.24. The van der Waals surface area contributed by atoms with Gasteiger partial charge in [-0.05, 0) is 106 Å². The van der Waals surface area contributed by atoms with E-state index < -0.39 is 15.0 Å². The molecule has 7 rings (SSSR count). The van der Waals surface area contributed by atoms with Crippen molar-refractivity contribution in [1.29, 1.82) is 0 Å². The Balaban J connectivity index is 0.000000934. The lowest BCUT2D eigenvalue weighted by atomic mass is 9.96. The minimum Gasteiger partial charge on any atom is -0.497 e. The van der Waals surface area contributed by atoms with Crippen LogP contribution in [0.1, 0.15) is 24.0 Å². The average molecular weight is 754 g/mol. The van der Waals surface area contributed by atoms with Crippen LogP contribution in [0.25, 0.3) is 54.4 Å². The van der Waals surface area contributed by atoms with Gasteiger partial charge in [-0.15, -0.1) is 0 Å². The number of methoxy groups -OCH3 is 1. The molecule has 0 radical (unpaired) electrons. The van der Waals surface area contributed by atoms with Gasteiger partial charge in [-0.3, -0.25) is 19.5 Å². The first-order valence-electron chi connectivity index (χ1n) is 17.4. The molecule has 54 heavy (non-hydrogen) atoms. The highest BCUT2D eigenvalue weighted by Gasteiger charge is 2.20. The molecular formula is C39H43N7O7S. The number of rotatable bonds is 12. The Morgan fingerprint density at radius 3 is 2.24 bits per heavy atom. The molecule has 0 amide bonds. The largest absolute Gasteiger partial charge is 0.497 e. The topological polar surface area (TPSA) is 196 Å². The Morgan fingerprint density at radius 1 is 0.870 bits per heavy atom. The number of anilines is 2. The minimum absolute atomic E-state index is 0.118. The molecule has 7 aromatic rings. The summed E-state index contributed by atoms with van der Waals surface area (Å²) in [7, 11) is 0.127. The van der Waals surface area contributed by atoms with Gasteiger partial charge < -0.3 is 30.2 Å². The standard InChI is InChI=1S/C38H39N7O4.CH4O3S/c1-22-25-15-18-41-38(33(25)23(2)32-27-21-24(49-4)11-12-29(27)42-35(22)32)40-17-8-20-44(3)19-7-16-39-30-13-14-31(45(47)48)36-34(30)37(46)26-9-5-6-10-28(26)43-36;1-5(2,3)4/h5-6,9-15,18,21,39,42H,7-8,16-17,19-20H2,1-4H3,(H,40,41)(H,43,46);1H3,(H,2,3,4). The van der Waals surface area contributed by atoms with Crippen molar-refractivity contribution in [2.45, 2.75) is 26.7 Å². The number of benzene rings is 4. The molecule has 282 valence electrons. The number of aromatic nitrogens is 3. The smallest absolute Gasteiger partial charge is 0.293 e. The van der Waals surface area contributed by atoms with Crippen LogP contribution in [0.15, 0.2) is 71.7 Å². The molecule has 0 aliphatic rings. The van der Waals surface area contributed by atoms with Crippen LogP contribution in [0.3, 0.4) is 0 Å². The van der Waals surface area contributed by atoms with Crippen LogP contribution in [-0.4, -0.2) is 84.3 Å². The number of aryl methyl sites for hydroxylation is 2. The second kappa shape index (κ2) is 15.7. The van der Waals surface area contributed by atoms with E-state index in [1.54, 1.807) is 37.4 Å². The molecule has 0 spiro atoms. The normalized spacial score (nSPS) is 11.8. The maximum atomic E-state index is 13.4. The third-order valence-corrected chi connectivity index (χ3v) is 9.57. The lowest BCUT2D eigenvalue weighted by Gasteiger charge is -2.18. The van der Waals surface area contributed by atoms with Gasteiger partial charge in [0.25, 0.3) is 15.8 Å². The molecule has 4 aromatic carbocycles. The zero-order chi connectivity index (χ0) is 38.7. The molecular weight excluding hydrogens is 711 g/mol. The zero-order valence-corrected chi connectivity index (χ0v) is 31.6. The monoisotopic (exact) mass is 753 g/mol. The number of H-pyrrole nitrogens is 2. The number of nitro benzene ring substituents is 1. The van der Waals surface area contributed by atoms with Crippen LogP contribution in [0.4, 0.5) is 17.2 Å². The molecule has 5 N–H and O–H groups in total. The third kappa shape index (κ3) is 7.93. The molecule has 0 fully saturated rings. The number of pyridine rings is 2. The van der Waals surface area contributed by atoms with E-state index in [-0.39, 0.29) is 16.6 Å². The van der Waals surface area contributed by atoms with Crippen molar-refractivity contribution >= 4 is 81.7 Å². The lowest BCUT2D eigenvalue weighted by molar-refractivity contribution is -0.383. The van der Waals surface area contributed by atoms with E-state index in [0.29, 0.717) is 34.8 Å². The van der Waals surface area contributed by atoms with Crippen molar-refractivity contribution in [2.24, 2.45) is 0 Å². The number of fused-ring (bicyclic) bond motifs is 6. The number of hydrogen-bond donors (Lipinski definition) is 5. The summed E-state index contributed by atoms with van der Waals surface area (Å²) in [6.45, 7) is 7.48. The zero-order valence-electron chi connectivity index (χ0n) is 30.7. The summed E-state index contributed by atoms with van der Waals surface area (Å²) >= 11 is 0. The van der Waals surface area contributed by atoms with E-state index in [9.17, 15) is 23.3 Å². The van der Waals surface area contributed by atoms with E-state index in [0.717, 1.165) is 65.8 Å². The Bertz CT molecular complexity index is 2700. The molecule has 0 unspecified atom stereocenters. The average Bonchev–Trinajstić information content (AvgIpc) is 3.52. The number of ether oxygens (including phenoxy) is 1. The van der Waals surface area contributed by atoms with Gasteiger partial charge >= 0.3 is 0 Å². The summed E-state index contributed by atoms with van der Waals surface area (Å²) in [5.41, 5.74) is 5.67. The fraction of sp³-hybridized carbons (Fsp3) is 0.282. The van der Waals surface area contributed by atoms with Crippen molar-refractivity contribution in [1.82, 2.24) is 19.9 Å². The van der Waals surface area contributed by atoms with Crippen molar-refractivity contribution < 1.29 is 22.6 Å². The molecule has 0 saturated carbocycles. The molecule has 15 heteroatoms. The SMILES string of the molecule is COc1ccc2[nH]c3c(C)c4ccnc(NCCCN(C)CCCNc5ccc([N+](=O)[O-])c6[nH]c7ccccc7c(=O)c56)c4c(C)c3c2c1.CS(=O)(=O)O. The molecule has 0 aliphatic heterocycles. The highest BCUT2D eigenvalue weighted by Crippen LogP contribution is 2.39. The molecule has 0 atom stereocenters. The van der Waals surface area contributed by atoms with E-state index >= 15 is 0 Å². The number of aromatic amines is 2. The van der Waals surface area contributed by atoms with Crippen LogP contribution in [-0.2, 0) is 10.1 Å². The van der Waals surface area contributed by atoms with Gasteiger partial charge in [-0.1, -0.05) is 12.1 Å². The quantitative estimate of drug-likeness (QED) is 0.0280. The predicted octanol–water partition coefficient (Wildman–Crippen LogP) is 7.14. The second-order valence-corrected chi connectivity index (χ2v) is 14.8. The summed E-state index contributed by atoms with van der Waals surface area (Å²) in [6.07, 6.45) is 4.36. The number of hydrogen-bond acceptors (Lipinski definition) is 10. The molecule has 0 bridgehead atoms. The molecule has 14 nitrogen and oxygen atoms in total. The Kier molecular flexibility index (Phi) is 11.0. The molecule has 0 aliphatic carbocycles. The highest BCUT2D eigenvalue weighted by atomic mass is 32.2. The van der Waals surface area contributed by atoms with Gasteiger partial charge in [-0.2, -0.15) is 8.42 Å². The van der Waals surface area contributed by atoms with Gasteiger partial charge in [0.15, 0.2) is 5.43 Å². The van der Waals surface area contributed by atoms with Gasteiger partial charge in [0.1, 0.15) is 17.1 Å². The Hall–Kier alpha value is -5.77. The first kappa shape index (κ1) is 38.0. The van der Waals surface area contributed by atoms with Crippen molar-refractivity contribution in [3.05, 3.63) is 98.3 Å². The maximum absolute atomic E-state index is 13.4. The first-order valence-corrected chi connectivity index (χ1v) is 19.3. The van der Waals surface area contributed by atoms with Crippen LogP contribution < -0.4 is 20.8 Å². The number of nitrogens with zero attached hydrogens (tertiary/aromatic N) is 3. The summed E-state index contributed by atoms with van der Waals surface area (Å²) < 4.78 is 31.4. The van der Waals surface area contributed by atoms with Crippen LogP contribution in [0.2, 0.25) is 0 Å². The van der Waals surface area contributed by atoms with Crippen LogP contribution in [0, 0.1) is 24.0 Å². The summed E-state index contributed by atoms with van der Waals surface area (Å²) in [6, 6.07) is 18.4. The van der Waals surface area contributed by atoms with E-state index in [2.05, 4.69) is 64.6 Å². The number of nitro groups is 1.